The van der Waals surface area contributed by atoms with E-state index in [1.54, 1.807) is 24.3 Å². The molecule has 1 aromatic heterocycles. The number of nitrogens with zero attached hydrogens (tertiary/aromatic N) is 2. The fraction of sp³-hybridized carbons (Fsp3) is 0.312. The first kappa shape index (κ1) is 14.6. The van der Waals surface area contributed by atoms with Gasteiger partial charge in [-0.3, -0.25) is 4.79 Å². The highest BCUT2D eigenvalue weighted by Gasteiger charge is 2.25. The molecule has 0 saturated heterocycles. The number of aryl methyl sites for hydroxylation is 1. The normalized spacial score (nSPS) is 14.7. The Morgan fingerprint density at radius 3 is 3.00 bits per heavy atom. The van der Waals surface area contributed by atoms with Crippen molar-refractivity contribution in [1.29, 1.82) is 5.26 Å². The van der Waals surface area contributed by atoms with Gasteiger partial charge in [0, 0.05) is 17.0 Å². The van der Waals surface area contributed by atoms with Crippen LogP contribution in [0, 0.1) is 11.3 Å². The molecule has 6 heteroatoms. The number of nitrogens with one attached hydrogen (secondary N) is 1. The lowest BCUT2D eigenvalue weighted by atomic mass is 9.96. The highest BCUT2D eigenvalue weighted by atomic mass is 35.5. The molecule has 1 atom stereocenters. The zero-order valence-corrected chi connectivity index (χ0v) is 12.6. The van der Waals surface area contributed by atoms with Gasteiger partial charge in [-0.05, 0) is 37.0 Å². The summed E-state index contributed by atoms with van der Waals surface area (Å²) in [6.07, 6.45) is 3.67. The van der Waals surface area contributed by atoms with Crippen LogP contribution in [0.15, 0.2) is 28.8 Å². The number of amides is 1. The summed E-state index contributed by atoms with van der Waals surface area (Å²) >= 11 is 5.93. The van der Waals surface area contributed by atoms with Crippen LogP contribution in [-0.2, 0) is 12.8 Å². The predicted molar refractivity (Wildman–Crippen MR) is 80.4 cm³/mol. The monoisotopic (exact) mass is 315 g/mol. The lowest BCUT2D eigenvalue weighted by Gasteiger charge is -2.13. The van der Waals surface area contributed by atoms with E-state index in [2.05, 4.69) is 16.5 Å². The van der Waals surface area contributed by atoms with Gasteiger partial charge in [-0.2, -0.15) is 5.26 Å². The van der Waals surface area contributed by atoms with Gasteiger partial charge in [0.1, 0.15) is 11.8 Å². The number of fused-ring (bicyclic) bond motifs is 1. The van der Waals surface area contributed by atoms with Crippen molar-refractivity contribution in [3.8, 4) is 6.07 Å². The van der Waals surface area contributed by atoms with Crippen LogP contribution in [0.3, 0.4) is 0 Å². The van der Waals surface area contributed by atoms with Crippen LogP contribution in [0.5, 0.6) is 0 Å². The Kier molecular flexibility index (Phi) is 4.12. The molecule has 0 radical (unpaired) electrons. The van der Waals surface area contributed by atoms with Crippen LogP contribution in [0.4, 0.5) is 0 Å². The first-order valence-corrected chi connectivity index (χ1v) is 7.50. The predicted octanol–water partition coefficient (Wildman–Crippen LogP) is 3.20. The lowest BCUT2D eigenvalue weighted by Crippen LogP contribution is -2.29. The summed E-state index contributed by atoms with van der Waals surface area (Å²) in [5, 5.41) is 16.4. The summed E-state index contributed by atoms with van der Waals surface area (Å²) in [7, 11) is 0. The Labute approximate surface area is 132 Å². The average molecular weight is 316 g/mol. The summed E-state index contributed by atoms with van der Waals surface area (Å²) in [6, 6.07) is 8.16. The van der Waals surface area contributed by atoms with E-state index in [9.17, 15) is 10.1 Å². The van der Waals surface area contributed by atoms with Crippen LogP contribution < -0.4 is 5.32 Å². The molecule has 1 N–H and O–H groups in total. The summed E-state index contributed by atoms with van der Waals surface area (Å²) < 4.78 is 5.23. The quantitative estimate of drug-likeness (QED) is 0.943. The zero-order chi connectivity index (χ0) is 15.5. The highest BCUT2D eigenvalue weighted by Crippen LogP contribution is 2.25. The number of aromatic nitrogens is 1. The maximum absolute atomic E-state index is 12.4. The van der Waals surface area contributed by atoms with Gasteiger partial charge in [0.25, 0.3) is 5.91 Å². The molecule has 1 aliphatic carbocycles. The zero-order valence-electron chi connectivity index (χ0n) is 11.8. The van der Waals surface area contributed by atoms with Gasteiger partial charge in [-0.25, -0.2) is 0 Å². The number of carbonyl (C=O) groups is 1. The Morgan fingerprint density at radius 2 is 2.23 bits per heavy atom. The smallest absolute Gasteiger partial charge is 0.275 e. The van der Waals surface area contributed by atoms with Gasteiger partial charge in [0.2, 0.25) is 0 Å². The van der Waals surface area contributed by atoms with Gasteiger partial charge in [-0.15, -0.1) is 0 Å². The fourth-order valence-corrected chi connectivity index (χ4v) is 2.84. The number of carbonyl (C=O) groups excluding carboxylic acids is 1. The van der Waals surface area contributed by atoms with Crippen molar-refractivity contribution in [1.82, 2.24) is 10.5 Å². The maximum Gasteiger partial charge on any atom is 0.275 e. The third kappa shape index (κ3) is 2.83. The molecule has 1 amide bonds. The molecule has 0 bridgehead atoms. The van der Waals surface area contributed by atoms with Crippen molar-refractivity contribution < 1.29 is 9.32 Å². The molecule has 0 aliphatic heterocycles. The minimum absolute atomic E-state index is 0.289. The largest absolute Gasteiger partial charge is 0.360 e. The summed E-state index contributed by atoms with van der Waals surface area (Å²) in [4.78, 5) is 12.4. The van der Waals surface area contributed by atoms with Crippen LogP contribution >= 0.6 is 11.6 Å². The van der Waals surface area contributed by atoms with E-state index in [1.165, 1.54) is 0 Å². The Bertz CT molecular complexity index is 748. The van der Waals surface area contributed by atoms with Crippen molar-refractivity contribution in [3.05, 3.63) is 51.9 Å². The van der Waals surface area contributed by atoms with Gasteiger partial charge in [-0.1, -0.05) is 28.9 Å². The number of hydrogen-bond acceptors (Lipinski definition) is 4. The third-order valence-electron chi connectivity index (χ3n) is 3.75. The standard InChI is InChI=1S/C16H14ClN3O2/c17-11-5-3-4-10(8-11)13(9-18)19-16(21)15-12-6-1-2-7-14(12)22-20-15/h3-5,8,13H,1-2,6-7H2,(H,19,21)/t13-/m1/s1. The van der Waals surface area contributed by atoms with Gasteiger partial charge < -0.3 is 9.84 Å². The van der Waals surface area contributed by atoms with E-state index in [-0.39, 0.29) is 5.69 Å². The van der Waals surface area contributed by atoms with Gasteiger partial charge >= 0.3 is 0 Å². The molecular weight excluding hydrogens is 302 g/mol. The number of rotatable bonds is 3. The number of nitriles is 1. The molecule has 0 saturated carbocycles. The minimum Gasteiger partial charge on any atom is -0.360 e. The second-order valence-corrected chi connectivity index (χ2v) is 5.67. The molecule has 2 aromatic rings. The van der Waals surface area contributed by atoms with E-state index in [4.69, 9.17) is 16.1 Å². The average Bonchev–Trinajstić information content (AvgIpc) is 2.96. The minimum atomic E-state index is -0.776. The Hall–Kier alpha value is -2.32. The molecule has 3 rings (SSSR count). The lowest BCUT2D eigenvalue weighted by molar-refractivity contribution is 0.0935. The molecule has 0 unspecified atom stereocenters. The van der Waals surface area contributed by atoms with Crippen molar-refractivity contribution in [2.24, 2.45) is 0 Å². The Morgan fingerprint density at radius 1 is 1.41 bits per heavy atom. The van der Waals surface area contributed by atoms with Gasteiger partial charge in [0.05, 0.1) is 6.07 Å². The molecule has 0 spiro atoms. The molecule has 1 aliphatic rings. The molecule has 5 nitrogen and oxygen atoms in total. The van der Waals surface area contributed by atoms with E-state index in [0.717, 1.165) is 37.0 Å². The second kappa shape index (κ2) is 6.20. The van der Waals surface area contributed by atoms with Crippen LogP contribution in [0.2, 0.25) is 5.02 Å². The summed E-state index contributed by atoms with van der Waals surface area (Å²) in [5.74, 6) is 0.395. The van der Waals surface area contributed by atoms with Crippen molar-refractivity contribution >= 4 is 17.5 Å². The fourth-order valence-electron chi connectivity index (χ4n) is 2.64. The molecular formula is C16H14ClN3O2. The summed E-state index contributed by atoms with van der Waals surface area (Å²) in [5.41, 5.74) is 1.80. The molecule has 1 heterocycles. The Balaban J connectivity index is 1.81. The van der Waals surface area contributed by atoms with E-state index in [0.29, 0.717) is 10.6 Å². The SMILES string of the molecule is N#C[C@@H](NC(=O)c1noc2c1CCCC2)c1cccc(Cl)c1. The molecule has 112 valence electrons. The topological polar surface area (TPSA) is 78.9 Å². The maximum atomic E-state index is 12.4. The summed E-state index contributed by atoms with van der Waals surface area (Å²) in [6.45, 7) is 0. The van der Waals surface area contributed by atoms with E-state index >= 15 is 0 Å². The van der Waals surface area contributed by atoms with Crippen LogP contribution in [0.1, 0.15) is 46.3 Å². The van der Waals surface area contributed by atoms with Crippen LogP contribution in [-0.4, -0.2) is 11.1 Å². The van der Waals surface area contributed by atoms with Gasteiger partial charge in [0.15, 0.2) is 5.69 Å². The first-order chi connectivity index (χ1) is 10.7. The van der Waals surface area contributed by atoms with E-state index in [1.807, 2.05) is 0 Å². The molecule has 22 heavy (non-hydrogen) atoms. The van der Waals surface area contributed by atoms with E-state index < -0.39 is 11.9 Å². The van der Waals surface area contributed by atoms with Crippen molar-refractivity contribution in [3.63, 3.8) is 0 Å². The molecule has 0 fully saturated rings. The van der Waals surface area contributed by atoms with Crippen molar-refractivity contribution in [2.75, 3.05) is 0 Å². The molecule has 1 aromatic carbocycles. The number of benzene rings is 1. The van der Waals surface area contributed by atoms with Crippen LogP contribution in [0.25, 0.3) is 0 Å². The number of hydrogen-bond donors (Lipinski definition) is 1. The van der Waals surface area contributed by atoms with Crippen molar-refractivity contribution in [2.45, 2.75) is 31.7 Å². The first-order valence-electron chi connectivity index (χ1n) is 7.12. The third-order valence-corrected chi connectivity index (χ3v) is 3.99. The number of halogens is 1. The highest BCUT2D eigenvalue weighted by molar-refractivity contribution is 6.30. The second-order valence-electron chi connectivity index (χ2n) is 5.23.